The second-order valence-electron chi connectivity index (χ2n) is 9.16. The summed E-state index contributed by atoms with van der Waals surface area (Å²) in [5, 5.41) is 10.0. The average molecular weight is 507 g/mol. The predicted molar refractivity (Wildman–Crippen MR) is 144 cm³/mol. The fraction of sp³-hybridized carbons (Fsp3) is 0.276. The zero-order valence-electron chi connectivity index (χ0n) is 21.5. The number of hydrogen-bond donors (Lipinski definition) is 3. The van der Waals surface area contributed by atoms with Crippen molar-refractivity contribution in [2.75, 3.05) is 0 Å². The van der Waals surface area contributed by atoms with E-state index in [0.29, 0.717) is 17.1 Å². The van der Waals surface area contributed by atoms with E-state index < -0.39 is 29.8 Å². The monoisotopic (exact) mass is 506 g/mol. The van der Waals surface area contributed by atoms with Crippen LogP contribution in [0.2, 0.25) is 0 Å². The van der Waals surface area contributed by atoms with E-state index >= 15 is 0 Å². The highest BCUT2D eigenvalue weighted by Crippen LogP contribution is 2.16. The maximum Gasteiger partial charge on any atom is 0.328 e. The van der Waals surface area contributed by atoms with Crippen LogP contribution in [-0.2, 0) is 14.4 Å². The van der Waals surface area contributed by atoms with Crippen LogP contribution in [0.25, 0.3) is 12.2 Å². The van der Waals surface area contributed by atoms with Crippen LogP contribution in [0.3, 0.4) is 0 Å². The summed E-state index contributed by atoms with van der Waals surface area (Å²) < 4.78 is 10.5. The standard InChI is InChI=1S/C29H34N2O6/c1-18(2)26(30)28(34)36-24-13-7-20(8-14-24)5-11-22(32)17-23(33)12-6-21-9-15-25(16-10-21)37-29(35)27(31)19(3)4/h5-19,26-27,32H,30-31H2,1-4H3/t26-,27-/m0/s1. The third kappa shape index (κ3) is 9.87. The summed E-state index contributed by atoms with van der Waals surface area (Å²) in [7, 11) is 0. The molecule has 5 N–H and O–H groups in total. The minimum Gasteiger partial charge on any atom is -0.508 e. The molecule has 8 heteroatoms. The van der Waals surface area contributed by atoms with Crippen molar-refractivity contribution >= 4 is 29.9 Å². The van der Waals surface area contributed by atoms with Gasteiger partial charge < -0.3 is 26.0 Å². The smallest absolute Gasteiger partial charge is 0.328 e. The molecular weight excluding hydrogens is 472 g/mol. The molecule has 0 saturated heterocycles. The van der Waals surface area contributed by atoms with Gasteiger partial charge in [-0.25, -0.2) is 9.59 Å². The lowest BCUT2D eigenvalue weighted by Crippen LogP contribution is -2.38. The summed E-state index contributed by atoms with van der Waals surface area (Å²) in [6.07, 6.45) is 6.96. The van der Waals surface area contributed by atoms with Gasteiger partial charge in [0.05, 0.1) is 0 Å². The number of esters is 2. The highest BCUT2D eigenvalue weighted by atomic mass is 16.5. The number of aliphatic hydroxyl groups is 1. The molecule has 0 unspecified atom stereocenters. The number of rotatable bonds is 11. The van der Waals surface area contributed by atoms with Gasteiger partial charge in [-0.3, -0.25) is 4.79 Å². The molecule has 0 saturated carbocycles. The van der Waals surface area contributed by atoms with Crippen molar-refractivity contribution in [1.29, 1.82) is 0 Å². The molecule has 196 valence electrons. The molecule has 0 amide bonds. The van der Waals surface area contributed by atoms with Crippen molar-refractivity contribution < 1.29 is 29.0 Å². The molecule has 0 heterocycles. The largest absolute Gasteiger partial charge is 0.508 e. The van der Waals surface area contributed by atoms with Crippen LogP contribution in [0, 0.1) is 11.8 Å². The molecule has 0 radical (unpaired) electrons. The van der Waals surface area contributed by atoms with Crippen LogP contribution < -0.4 is 20.9 Å². The lowest BCUT2D eigenvalue weighted by atomic mass is 10.1. The number of allylic oxidation sites excluding steroid dienone is 3. The van der Waals surface area contributed by atoms with E-state index in [-0.39, 0.29) is 17.6 Å². The van der Waals surface area contributed by atoms with E-state index in [9.17, 15) is 19.5 Å². The Kier molecular flexibility index (Phi) is 11.0. The zero-order chi connectivity index (χ0) is 27.5. The number of hydrogen-bond acceptors (Lipinski definition) is 8. The lowest BCUT2D eigenvalue weighted by molar-refractivity contribution is -0.137. The number of ketones is 1. The fourth-order valence-electron chi connectivity index (χ4n) is 2.81. The summed E-state index contributed by atoms with van der Waals surface area (Å²) in [5.41, 5.74) is 13.0. The lowest BCUT2D eigenvalue weighted by Gasteiger charge is -2.14. The Bertz CT molecular complexity index is 1160. The SMILES string of the molecule is CC(C)[C@H](N)C(=O)Oc1ccc(C=CC(=O)C=C(O)C=Cc2ccc(OC(=O)[C@@H](N)C(C)C)cc2)cc1. The molecule has 0 bridgehead atoms. The van der Waals surface area contributed by atoms with Gasteiger partial charge in [0.15, 0.2) is 5.78 Å². The summed E-state index contributed by atoms with van der Waals surface area (Å²) in [6.45, 7) is 7.34. The first kappa shape index (κ1) is 29.2. The normalized spacial score (nSPS) is 13.8. The molecule has 8 nitrogen and oxygen atoms in total. The van der Waals surface area contributed by atoms with Crippen LogP contribution >= 0.6 is 0 Å². The summed E-state index contributed by atoms with van der Waals surface area (Å²) in [6, 6.07) is 11.8. The molecule has 2 aromatic rings. The van der Waals surface area contributed by atoms with Crippen molar-refractivity contribution in [3.8, 4) is 11.5 Å². The van der Waals surface area contributed by atoms with Gasteiger partial charge in [0, 0.05) is 6.08 Å². The van der Waals surface area contributed by atoms with E-state index in [1.807, 2.05) is 27.7 Å². The number of benzene rings is 2. The van der Waals surface area contributed by atoms with Gasteiger partial charge in [0.2, 0.25) is 0 Å². The fourth-order valence-corrected chi connectivity index (χ4v) is 2.81. The Labute approximate surface area is 217 Å². The van der Waals surface area contributed by atoms with Crippen LogP contribution in [0.5, 0.6) is 11.5 Å². The highest BCUT2D eigenvalue weighted by Gasteiger charge is 2.20. The number of aliphatic hydroxyl groups excluding tert-OH is 1. The van der Waals surface area contributed by atoms with Crippen molar-refractivity contribution in [2.45, 2.75) is 39.8 Å². The topological polar surface area (TPSA) is 142 Å². The molecule has 2 aromatic carbocycles. The van der Waals surface area contributed by atoms with E-state index in [1.54, 1.807) is 60.7 Å². The Hall–Kier alpha value is -4.01. The Balaban J connectivity index is 1.90. The summed E-state index contributed by atoms with van der Waals surface area (Å²) in [4.78, 5) is 36.0. The summed E-state index contributed by atoms with van der Waals surface area (Å²) >= 11 is 0. The van der Waals surface area contributed by atoms with Gasteiger partial charge in [-0.1, -0.05) is 64.1 Å². The van der Waals surface area contributed by atoms with Crippen molar-refractivity contribution in [1.82, 2.24) is 0 Å². The van der Waals surface area contributed by atoms with Gasteiger partial charge in [-0.2, -0.15) is 0 Å². The molecule has 0 aliphatic heterocycles. The van der Waals surface area contributed by atoms with Gasteiger partial charge in [-0.15, -0.1) is 0 Å². The summed E-state index contributed by atoms with van der Waals surface area (Å²) in [5.74, 6) is -0.994. The van der Waals surface area contributed by atoms with Gasteiger partial charge in [0.1, 0.15) is 29.3 Å². The second kappa shape index (κ2) is 13.9. The first-order valence-corrected chi connectivity index (χ1v) is 11.9. The number of carbonyl (C=O) groups is 3. The van der Waals surface area contributed by atoms with Gasteiger partial charge in [-0.05, 0) is 59.4 Å². The number of nitrogens with two attached hydrogens (primary N) is 2. The van der Waals surface area contributed by atoms with E-state index in [4.69, 9.17) is 20.9 Å². The third-order valence-electron chi connectivity index (χ3n) is 5.35. The average Bonchev–Trinajstić information content (AvgIpc) is 2.86. The molecule has 0 aliphatic carbocycles. The molecular formula is C29H34N2O6. The maximum absolute atomic E-state index is 12.1. The molecule has 0 fully saturated rings. The Morgan fingerprint density at radius 3 is 1.46 bits per heavy atom. The van der Waals surface area contributed by atoms with Gasteiger partial charge >= 0.3 is 11.9 Å². The molecule has 0 aromatic heterocycles. The van der Waals surface area contributed by atoms with Crippen molar-refractivity contribution in [2.24, 2.45) is 23.3 Å². The molecule has 0 spiro atoms. The van der Waals surface area contributed by atoms with Crippen LogP contribution in [0.15, 0.2) is 72.5 Å². The molecule has 0 aliphatic rings. The Morgan fingerprint density at radius 1 is 0.703 bits per heavy atom. The third-order valence-corrected chi connectivity index (χ3v) is 5.35. The number of carbonyl (C=O) groups excluding carboxylic acids is 3. The molecule has 37 heavy (non-hydrogen) atoms. The molecule has 2 rings (SSSR count). The van der Waals surface area contributed by atoms with E-state index in [0.717, 1.165) is 11.6 Å². The second-order valence-corrected chi connectivity index (χ2v) is 9.16. The first-order valence-electron chi connectivity index (χ1n) is 11.9. The van der Waals surface area contributed by atoms with Crippen LogP contribution in [0.4, 0.5) is 0 Å². The quantitative estimate of drug-likeness (QED) is 0.135. The minimum absolute atomic E-state index is 0.0338. The molecule has 2 atom stereocenters. The number of ether oxygens (including phenoxy) is 2. The van der Waals surface area contributed by atoms with E-state index in [2.05, 4.69) is 0 Å². The predicted octanol–water partition coefficient (Wildman–Crippen LogP) is 4.20. The first-order chi connectivity index (χ1) is 17.5. The van der Waals surface area contributed by atoms with Crippen LogP contribution in [-0.4, -0.2) is 34.9 Å². The zero-order valence-corrected chi connectivity index (χ0v) is 21.5. The maximum atomic E-state index is 12.1. The van der Waals surface area contributed by atoms with Gasteiger partial charge in [0.25, 0.3) is 0 Å². The van der Waals surface area contributed by atoms with E-state index in [1.165, 1.54) is 12.2 Å². The highest BCUT2D eigenvalue weighted by molar-refractivity contribution is 6.02. The minimum atomic E-state index is -0.705. The van der Waals surface area contributed by atoms with Crippen molar-refractivity contribution in [3.63, 3.8) is 0 Å². The van der Waals surface area contributed by atoms with Crippen LogP contribution in [0.1, 0.15) is 38.8 Å². The Morgan fingerprint density at radius 2 is 1.08 bits per heavy atom. The van der Waals surface area contributed by atoms with Crippen molar-refractivity contribution in [3.05, 3.63) is 83.6 Å².